The molecule has 12 heavy (non-hydrogen) atoms. The average molecular weight is 187 g/mol. The monoisotopic (exact) mass is 187 g/mol. The van der Waals surface area contributed by atoms with Gasteiger partial charge in [0.2, 0.25) is 0 Å². The van der Waals surface area contributed by atoms with Crippen molar-refractivity contribution in [3.05, 3.63) is 35.2 Å². The lowest BCUT2D eigenvalue weighted by Gasteiger charge is -2.04. The Morgan fingerprint density at radius 1 is 1.33 bits per heavy atom. The molecule has 1 aromatic rings. The van der Waals surface area contributed by atoms with Gasteiger partial charge in [0.05, 0.1) is 5.30 Å². The van der Waals surface area contributed by atoms with Crippen molar-refractivity contribution < 1.29 is 14.1 Å². The highest BCUT2D eigenvalue weighted by Crippen LogP contribution is 2.40. The predicted octanol–water partition coefficient (Wildman–Crippen LogP) is 1.20. The Hall–Kier alpha value is -1.19. The van der Waals surface area contributed by atoms with Crippen molar-refractivity contribution in [2.45, 2.75) is 0 Å². The van der Waals surface area contributed by atoms with Gasteiger partial charge < -0.3 is 4.89 Å². The van der Waals surface area contributed by atoms with Crippen LogP contribution in [0, 0.1) is 4.91 Å². The molecule has 1 N–H and O–H groups in total. The van der Waals surface area contributed by atoms with Crippen LogP contribution in [0.4, 0.5) is 0 Å². The Morgan fingerprint density at radius 3 is 2.42 bits per heavy atom. The zero-order chi connectivity index (χ0) is 9.03. The van der Waals surface area contributed by atoms with Crippen LogP contribution in [-0.2, 0) is 9.19 Å². The third-order valence-corrected chi connectivity index (χ3v) is 2.47. The molecule has 0 bridgehead atoms. The fourth-order valence-electron chi connectivity index (χ4n) is 0.709. The van der Waals surface area contributed by atoms with E-state index in [1.807, 2.05) is 5.34 Å². The molecule has 0 saturated carbocycles. The van der Waals surface area contributed by atoms with E-state index in [0.29, 0.717) is 0 Å². The Morgan fingerprint density at radius 2 is 1.92 bits per heavy atom. The van der Waals surface area contributed by atoms with Crippen molar-refractivity contribution >= 4 is 12.9 Å². The molecule has 0 fully saturated rings. The highest BCUT2D eigenvalue weighted by molar-refractivity contribution is 7.61. The topological polar surface area (TPSA) is 76.0 Å². The van der Waals surface area contributed by atoms with Crippen molar-refractivity contribution in [2.24, 2.45) is 5.34 Å². The molecule has 0 aliphatic rings. The standard InChI is InChI=1S/C6H6NO4P/c8-7-11-12(9,10)6-4-2-1-3-5-6/h1-5H,(H,9,10). The van der Waals surface area contributed by atoms with E-state index in [4.69, 9.17) is 4.89 Å². The molecule has 1 aromatic carbocycles. The molecule has 0 spiro atoms. The van der Waals surface area contributed by atoms with Gasteiger partial charge in [-0.1, -0.05) is 18.2 Å². The minimum absolute atomic E-state index is 0.0459. The third-order valence-electron chi connectivity index (χ3n) is 1.23. The smallest absolute Gasteiger partial charge is 0.311 e. The van der Waals surface area contributed by atoms with Gasteiger partial charge in [0.1, 0.15) is 0 Å². The van der Waals surface area contributed by atoms with Crippen molar-refractivity contribution in [2.75, 3.05) is 0 Å². The summed E-state index contributed by atoms with van der Waals surface area (Å²) in [7, 11) is -4.02. The molecule has 1 atom stereocenters. The first-order chi connectivity index (χ1) is 5.67. The summed E-state index contributed by atoms with van der Waals surface area (Å²) in [5.74, 6) is 0. The average Bonchev–Trinajstić information content (AvgIpc) is 2.06. The molecule has 64 valence electrons. The van der Waals surface area contributed by atoms with E-state index in [9.17, 15) is 9.47 Å². The van der Waals surface area contributed by atoms with Gasteiger partial charge in [0.15, 0.2) is 5.34 Å². The molecule has 1 unspecified atom stereocenters. The molecule has 0 amide bonds. The van der Waals surface area contributed by atoms with Gasteiger partial charge >= 0.3 is 7.60 Å². The van der Waals surface area contributed by atoms with Crippen LogP contribution in [0.3, 0.4) is 0 Å². The SMILES string of the molecule is O=NOP(=O)(O)c1ccccc1. The molecular formula is C6H6NO4P. The lowest BCUT2D eigenvalue weighted by molar-refractivity contribution is 0.279. The lowest BCUT2D eigenvalue weighted by atomic mass is 10.4. The Labute approximate surface area is 68.5 Å². The van der Waals surface area contributed by atoms with Gasteiger partial charge in [-0.15, -0.1) is 4.91 Å². The second-order valence-corrected chi connectivity index (χ2v) is 3.73. The van der Waals surface area contributed by atoms with E-state index in [0.717, 1.165) is 0 Å². The van der Waals surface area contributed by atoms with Crippen LogP contribution >= 0.6 is 7.60 Å². The van der Waals surface area contributed by atoms with Crippen molar-refractivity contribution in [3.63, 3.8) is 0 Å². The van der Waals surface area contributed by atoms with Crippen molar-refractivity contribution in [1.82, 2.24) is 0 Å². The molecule has 0 aromatic heterocycles. The number of rotatable bonds is 3. The minimum Gasteiger partial charge on any atom is -0.311 e. The van der Waals surface area contributed by atoms with E-state index >= 15 is 0 Å². The summed E-state index contributed by atoms with van der Waals surface area (Å²) in [6.07, 6.45) is 0. The molecule has 6 heteroatoms. The third kappa shape index (κ3) is 1.90. The van der Waals surface area contributed by atoms with Crippen molar-refractivity contribution in [1.29, 1.82) is 0 Å². The number of hydrogen-bond acceptors (Lipinski definition) is 4. The molecule has 0 aliphatic carbocycles. The molecule has 1 rings (SSSR count). The van der Waals surface area contributed by atoms with E-state index in [2.05, 4.69) is 4.62 Å². The van der Waals surface area contributed by atoms with E-state index < -0.39 is 7.60 Å². The summed E-state index contributed by atoms with van der Waals surface area (Å²) in [4.78, 5) is 18.6. The number of hydrogen-bond donors (Lipinski definition) is 1. The van der Waals surface area contributed by atoms with Gasteiger partial charge in [-0.3, -0.25) is 4.62 Å². The number of nitrogens with zero attached hydrogens (tertiary/aromatic N) is 1. The van der Waals surface area contributed by atoms with Gasteiger partial charge in [0, 0.05) is 0 Å². The fourth-order valence-corrected chi connectivity index (χ4v) is 1.44. The molecular weight excluding hydrogens is 181 g/mol. The van der Waals surface area contributed by atoms with Crippen LogP contribution in [0.2, 0.25) is 0 Å². The molecule has 5 nitrogen and oxygen atoms in total. The van der Waals surface area contributed by atoms with E-state index in [-0.39, 0.29) is 5.30 Å². The zero-order valence-electron chi connectivity index (χ0n) is 5.95. The summed E-state index contributed by atoms with van der Waals surface area (Å²) >= 11 is 0. The Kier molecular flexibility index (Phi) is 2.58. The first kappa shape index (κ1) is 8.90. The van der Waals surface area contributed by atoms with Gasteiger partial charge in [-0.05, 0) is 12.1 Å². The van der Waals surface area contributed by atoms with Crippen LogP contribution in [0.25, 0.3) is 0 Å². The number of benzene rings is 1. The van der Waals surface area contributed by atoms with Gasteiger partial charge in [-0.25, -0.2) is 4.57 Å². The van der Waals surface area contributed by atoms with E-state index in [1.165, 1.54) is 12.1 Å². The summed E-state index contributed by atoms with van der Waals surface area (Å²) in [6, 6.07) is 7.56. The van der Waals surface area contributed by atoms with E-state index in [1.54, 1.807) is 18.2 Å². The minimum atomic E-state index is -4.02. The van der Waals surface area contributed by atoms with Crippen LogP contribution in [-0.4, -0.2) is 4.89 Å². The second kappa shape index (κ2) is 3.47. The zero-order valence-corrected chi connectivity index (χ0v) is 6.85. The lowest BCUT2D eigenvalue weighted by Crippen LogP contribution is -2.03. The fraction of sp³-hybridized carbons (Fsp3) is 0. The summed E-state index contributed by atoms with van der Waals surface area (Å²) in [5, 5.41) is 1.97. The molecule has 0 aliphatic heterocycles. The maximum atomic E-state index is 11.1. The first-order valence-corrected chi connectivity index (χ1v) is 4.64. The van der Waals surface area contributed by atoms with Gasteiger partial charge in [0.25, 0.3) is 0 Å². The normalized spacial score (nSPS) is 14.8. The Balaban J connectivity index is 2.98. The maximum absolute atomic E-state index is 11.1. The Bertz CT molecular complexity index is 313. The summed E-state index contributed by atoms with van der Waals surface area (Å²) < 4.78 is 14.9. The predicted molar refractivity (Wildman–Crippen MR) is 42.8 cm³/mol. The summed E-state index contributed by atoms with van der Waals surface area (Å²) in [6.45, 7) is 0. The summed E-state index contributed by atoms with van der Waals surface area (Å²) in [5.41, 5.74) is 0. The quantitative estimate of drug-likeness (QED) is 0.438. The highest BCUT2D eigenvalue weighted by atomic mass is 31.2. The maximum Gasteiger partial charge on any atom is 0.431 e. The second-order valence-electron chi connectivity index (χ2n) is 2.01. The highest BCUT2D eigenvalue weighted by Gasteiger charge is 2.23. The molecule has 0 saturated heterocycles. The first-order valence-electron chi connectivity index (χ1n) is 3.06. The van der Waals surface area contributed by atoms with Crippen LogP contribution in [0.15, 0.2) is 35.7 Å². The van der Waals surface area contributed by atoms with Crippen LogP contribution in [0.1, 0.15) is 0 Å². The van der Waals surface area contributed by atoms with Crippen LogP contribution in [0.5, 0.6) is 0 Å². The van der Waals surface area contributed by atoms with Gasteiger partial charge in [-0.2, -0.15) is 0 Å². The molecule has 0 radical (unpaired) electrons. The molecule has 0 heterocycles. The largest absolute Gasteiger partial charge is 0.431 e. The van der Waals surface area contributed by atoms with Crippen molar-refractivity contribution in [3.8, 4) is 0 Å². The van der Waals surface area contributed by atoms with Crippen LogP contribution < -0.4 is 5.30 Å².